The second-order valence-electron chi connectivity index (χ2n) is 5.78. The Labute approximate surface area is 156 Å². The number of thiocarbonyl (C=S) groups is 1. The zero-order chi connectivity index (χ0) is 18.7. The van der Waals surface area contributed by atoms with Gasteiger partial charge in [0.25, 0.3) is 5.91 Å². The fraction of sp³-hybridized carbons (Fsp3) is 0.158. The van der Waals surface area contributed by atoms with Gasteiger partial charge < -0.3 is 20.7 Å². The maximum Gasteiger partial charge on any atom is 0.255 e. The summed E-state index contributed by atoms with van der Waals surface area (Å²) >= 11 is 5.23. The van der Waals surface area contributed by atoms with Crippen LogP contribution in [0, 0.1) is 5.82 Å². The second kappa shape index (κ2) is 7.53. The SMILES string of the molecule is COc1ccc([C@@H]2NC(=S)NC(C)=C2C(=O)Nc2ccccc2F)cc1. The molecule has 3 rings (SSSR count). The van der Waals surface area contributed by atoms with Gasteiger partial charge >= 0.3 is 0 Å². The minimum atomic E-state index is -0.493. The first-order valence-electron chi connectivity index (χ1n) is 7.97. The van der Waals surface area contributed by atoms with Crippen LogP contribution in [0.5, 0.6) is 5.75 Å². The molecule has 7 heteroatoms. The summed E-state index contributed by atoms with van der Waals surface area (Å²) in [5, 5.41) is 9.10. The van der Waals surface area contributed by atoms with Crippen molar-refractivity contribution < 1.29 is 13.9 Å². The number of carbonyl (C=O) groups excluding carboxylic acids is 1. The Morgan fingerprint density at radius 2 is 1.88 bits per heavy atom. The third-order valence-electron chi connectivity index (χ3n) is 4.08. The molecule has 134 valence electrons. The van der Waals surface area contributed by atoms with E-state index in [2.05, 4.69) is 16.0 Å². The van der Waals surface area contributed by atoms with E-state index in [0.717, 1.165) is 5.56 Å². The largest absolute Gasteiger partial charge is 0.497 e. The summed E-state index contributed by atoms with van der Waals surface area (Å²) in [7, 11) is 1.59. The molecule has 1 aliphatic heterocycles. The molecule has 1 heterocycles. The molecule has 0 aliphatic carbocycles. The standard InChI is InChI=1S/C19H18FN3O2S/c1-11-16(18(24)22-15-6-4-3-5-14(15)20)17(23-19(26)21-11)12-7-9-13(25-2)10-8-12/h3-10,17H,1-2H3,(H,22,24)(H2,21,23,26)/t17-/m0/s1. The summed E-state index contributed by atoms with van der Waals surface area (Å²) < 4.78 is 19.1. The van der Waals surface area contributed by atoms with Crippen LogP contribution >= 0.6 is 12.2 Å². The average Bonchev–Trinajstić information content (AvgIpc) is 2.63. The van der Waals surface area contributed by atoms with Gasteiger partial charge in [0, 0.05) is 5.70 Å². The van der Waals surface area contributed by atoms with E-state index in [1.54, 1.807) is 26.2 Å². The minimum absolute atomic E-state index is 0.124. The van der Waals surface area contributed by atoms with Crippen LogP contribution in [0.25, 0.3) is 0 Å². The van der Waals surface area contributed by atoms with E-state index in [9.17, 15) is 9.18 Å². The molecular weight excluding hydrogens is 353 g/mol. The summed E-state index contributed by atoms with van der Waals surface area (Å²) in [6.45, 7) is 1.76. The van der Waals surface area contributed by atoms with Crippen LogP contribution in [0.4, 0.5) is 10.1 Å². The van der Waals surface area contributed by atoms with Crippen LogP contribution in [0.1, 0.15) is 18.5 Å². The summed E-state index contributed by atoms with van der Waals surface area (Å²) in [6, 6.07) is 12.9. The maximum atomic E-state index is 13.9. The minimum Gasteiger partial charge on any atom is -0.497 e. The van der Waals surface area contributed by atoms with Crippen molar-refractivity contribution in [2.75, 3.05) is 12.4 Å². The summed E-state index contributed by atoms with van der Waals surface area (Å²) in [6.07, 6.45) is 0. The number of carbonyl (C=O) groups is 1. The summed E-state index contributed by atoms with van der Waals surface area (Å²) in [5.74, 6) is -0.188. The van der Waals surface area contributed by atoms with Crippen LogP contribution in [-0.2, 0) is 4.79 Å². The van der Waals surface area contributed by atoms with Gasteiger partial charge in [-0.2, -0.15) is 0 Å². The van der Waals surface area contributed by atoms with Gasteiger partial charge in [0.15, 0.2) is 5.11 Å². The predicted molar refractivity (Wildman–Crippen MR) is 102 cm³/mol. The third kappa shape index (κ3) is 3.67. The quantitative estimate of drug-likeness (QED) is 0.720. The lowest BCUT2D eigenvalue weighted by molar-refractivity contribution is -0.113. The number of benzene rings is 2. The maximum absolute atomic E-state index is 13.9. The van der Waals surface area contributed by atoms with E-state index >= 15 is 0 Å². The van der Waals surface area contributed by atoms with Crippen LogP contribution < -0.4 is 20.7 Å². The van der Waals surface area contributed by atoms with Gasteiger partial charge in [-0.05, 0) is 49.0 Å². The van der Waals surface area contributed by atoms with E-state index in [4.69, 9.17) is 17.0 Å². The van der Waals surface area contributed by atoms with Crippen LogP contribution in [0.15, 0.2) is 59.8 Å². The summed E-state index contributed by atoms with van der Waals surface area (Å²) in [5.41, 5.74) is 2.02. The molecule has 26 heavy (non-hydrogen) atoms. The Balaban J connectivity index is 1.94. The normalized spacial score (nSPS) is 16.6. The van der Waals surface area contributed by atoms with Crippen molar-refractivity contribution in [2.45, 2.75) is 13.0 Å². The second-order valence-corrected chi connectivity index (χ2v) is 6.19. The number of allylic oxidation sites excluding steroid dienone is 1. The van der Waals surface area contributed by atoms with E-state index < -0.39 is 17.8 Å². The number of anilines is 1. The van der Waals surface area contributed by atoms with Crippen LogP contribution in [0.2, 0.25) is 0 Å². The third-order valence-corrected chi connectivity index (χ3v) is 4.30. The highest BCUT2D eigenvalue weighted by molar-refractivity contribution is 7.80. The molecule has 1 aliphatic rings. The van der Waals surface area contributed by atoms with Gasteiger partial charge in [0.2, 0.25) is 0 Å². The molecule has 3 N–H and O–H groups in total. The molecule has 0 radical (unpaired) electrons. The zero-order valence-electron chi connectivity index (χ0n) is 14.3. The number of hydrogen-bond donors (Lipinski definition) is 3. The molecule has 0 fully saturated rings. The number of hydrogen-bond acceptors (Lipinski definition) is 3. The fourth-order valence-electron chi connectivity index (χ4n) is 2.79. The topological polar surface area (TPSA) is 62.4 Å². The lowest BCUT2D eigenvalue weighted by Crippen LogP contribution is -2.45. The number of nitrogens with one attached hydrogen (secondary N) is 3. The first-order valence-corrected chi connectivity index (χ1v) is 8.38. The molecule has 2 aromatic carbocycles. The molecule has 2 aromatic rings. The van der Waals surface area contributed by atoms with E-state index in [0.29, 0.717) is 22.1 Å². The van der Waals surface area contributed by atoms with Crippen LogP contribution in [-0.4, -0.2) is 18.1 Å². The lowest BCUT2D eigenvalue weighted by Gasteiger charge is -2.30. The Hall–Kier alpha value is -2.93. The number of para-hydroxylation sites is 1. The van der Waals surface area contributed by atoms with Crippen molar-refractivity contribution >= 4 is 28.9 Å². The highest BCUT2D eigenvalue weighted by Crippen LogP contribution is 2.29. The fourth-order valence-corrected chi connectivity index (χ4v) is 3.06. The van der Waals surface area contributed by atoms with E-state index in [1.807, 2.05) is 24.3 Å². The number of amides is 1. The van der Waals surface area contributed by atoms with Gasteiger partial charge in [-0.25, -0.2) is 4.39 Å². The Bertz CT molecular complexity index is 881. The average molecular weight is 371 g/mol. The van der Waals surface area contributed by atoms with Crippen molar-refractivity contribution in [1.82, 2.24) is 10.6 Å². The van der Waals surface area contributed by atoms with Crippen molar-refractivity contribution in [2.24, 2.45) is 0 Å². The van der Waals surface area contributed by atoms with Gasteiger partial charge in [-0.15, -0.1) is 0 Å². The lowest BCUT2D eigenvalue weighted by atomic mass is 9.95. The first kappa shape index (κ1) is 17.9. The first-order chi connectivity index (χ1) is 12.5. The molecule has 0 unspecified atom stereocenters. The molecular formula is C19H18FN3O2S. The molecule has 0 bridgehead atoms. The number of halogens is 1. The monoisotopic (exact) mass is 371 g/mol. The van der Waals surface area contributed by atoms with Crippen molar-refractivity contribution in [3.05, 3.63) is 71.2 Å². The molecule has 1 amide bonds. The molecule has 0 spiro atoms. The number of ether oxygens (including phenoxy) is 1. The van der Waals surface area contributed by atoms with Gasteiger partial charge in [0.1, 0.15) is 11.6 Å². The Morgan fingerprint density at radius 1 is 1.19 bits per heavy atom. The molecule has 0 saturated heterocycles. The van der Waals surface area contributed by atoms with Crippen LogP contribution in [0.3, 0.4) is 0 Å². The number of rotatable bonds is 4. The highest BCUT2D eigenvalue weighted by atomic mass is 32.1. The van der Waals surface area contributed by atoms with Crippen molar-refractivity contribution in [3.63, 3.8) is 0 Å². The molecule has 5 nitrogen and oxygen atoms in total. The molecule has 0 saturated carbocycles. The van der Waals surface area contributed by atoms with Crippen molar-refractivity contribution in [3.8, 4) is 5.75 Å². The Kier molecular flexibility index (Phi) is 5.18. The van der Waals surface area contributed by atoms with Gasteiger partial charge in [-0.3, -0.25) is 4.79 Å². The van der Waals surface area contributed by atoms with E-state index in [-0.39, 0.29) is 5.69 Å². The molecule has 1 atom stereocenters. The Morgan fingerprint density at radius 3 is 2.54 bits per heavy atom. The van der Waals surface area contributed by atoms with Gasteiger partial charge in [-0.1, -0.05) is 24.3 Å². The highest BCUT2D eigenvalue weighted by Gasteiger charge is 2.30. The van der Waals surface area contributed by atoms with E-state index in [1.165, 1.54) is 12.1 Å². The zero-order valence-corrected chi connectivity index (χ0v) is 15.1. The predicted octanol–water partition coefficient (Wildman–Crippen LogP) is 3.27. The number of methoxy groups -OCH3 is 1. The smallest absolute Gasteiger partial charge is 0.255 e. The van der Waals surface area contributed by atoms with Crippen molar-refractivity contribution in [1.29, 1.82) is 0 Å². The van der Waals surface area contributed by atoms with Gasteiger partial charge in [0.05, 0.1) is 24.4 Å². The molecule has 0 aromatic heterocycles. The summed E-state index contributed by atoms with van der Waals surface area (Å²) in [4.78, 5) is 12.9.